The molecule has 1 aromatic rings. The highest BCUT2D eigenvalue weighted by atomic mass is 32.2. The van der Waals surface area contributed by atoms with Crippen LogP contribution in [0.4, 0.5) is 10.1 Å². The molecule has 0 radical (unpaired) electrons. The van der Waals surface area contributed by atoms with Gasteiger partial charge < -0.3 is 10.4 Å². The molecule has 1 fully saturated rings. The van der Waals surface area contributed by atoms with E-state index in [-0.39, 0.29) is 17.2 Å². The van der Waals surface area contributed by atoms with E-state index in [1.807, 2.05) is 0 Å². The van der Waals surface area contributed by atoms with Gasteiger partial charge in [-0.05, 0) is 12.1 Å². The first-order valence-corrected chi connectivity index (χ1v) is 6.70. The summed E-state index contributed by atoms with van der Waals surface area (Å²) in [5, 5.41) is 12.2. The number of anilines is 1. The first kappa shape index (κ1) is 11.3. The average Bonchev–Trinajstić information content (AvgIpc) is 2.44. The molecular formula is C10H12FNO3S. The van der Waals surface area contributed by atoms with Gasteiger partial charge in [0.15, 0.2) is 9.84 Å². The molecule has 0 spiro atoms. The number of nitrogens with one attached hydrogen (secondary N) is 1. The van der Waals surface area contributed by atoms with E-state index in [4.69, 9.17) is 0 Å². The maximum absolute atomic E-state index is 13.3. The molecule has 1 aliphatic rings. The largest absolute Gasteiger partial charge is 0.390 e. The molecule has 88 valence electrons. The molecule has 0 amide bonds. The third-order valence-electron chi connectivity index (χ3n) is 2.54. The molecule has 0 aliphatic carbocycles. The highest BCUT2D eigenvalue weighted by Gasteiger charge is 2.36. The Balaban J connectivity index is 2.15. The van der Waals surface area contributed by atoms with Crippen molar-refractivity contribution in [1.29, 1.82) is 0 Å². The molecule has 1 aromatic carbocycles. The van der Waals surface area contributed by atoms with Gasteiger partial charge in [-0.2, -0.15) is 0 Å². The minimum atomic E-state index is -3.21. The van der Waals surface area contributed by atoms with E-state index >= 15 is 0 Å². The summed E-state index contributed by atoms with van der Waals surface area (Å²) >= 11 is 0. The van der Waals surface area contributed by atoms with Crippen molar-refractivity contribution < 1.29 is 17.9 Å². The van der Waals surface area contributed by atoms with Gasteiger partial charge in [0.05, 0.1) is 29.3 Å². The molecular weight excluding hydrogens is 233 g/mol. The van der Waals surface area contributed by atoms with Crippen molar-refractivity contribution in [2.45, 2.75) is 12.1 Å². The predicted octanol–water partition coefficient (Wildman–Crippen LogP) is 0.395. The van der Waals surface area contributed by atoms with Gasteiger partial charge in [0.1, 0.15) is 5.82 Å². The van der Waals surface area contributed by atoms with Gasteiger partial charge in [-0.25, -0.2) is 12.8 Å². The van der Waals surface area contributed by atoms with Crippen molar-refractivity contribution in [3.8, 4) is 0 Å². The number of halogens is 1. The van der Waals surface area contributed by atoms with Crippen LogP contribution in [-0.4, -0.2) is 37.2 Å². The van der Waals surface area contributed by atoms with Crippen LogP contribution in [-0.2, 0) is 9.84 Å². The van der Waals surface area contributed by atoms with E-state index in [1.165, 1.54) is 12.1 Å². The molecule has 1 aliphatic heterocycles. The zero-order chi connectivity index (χ0) is 11.8. The van der Waals surface area contributed by atoms with Gasteiger partial charge in [-0.1, -0.05) is 12.1 Å². The minimum Gasteiger partial charge on any atom is -0.390 e. The van der Waals surface area contributed by atoms with Crippen LogP contribution in [0.25, 0.3) is 0 Å². The van der Waals surface area contributed by atoms with Crippen molar-refractivity contribution in [2.75, 3.05) is 16.8 Å². The van der Waals surface area contributed by atoms with Gasteiger partial charge in [-0.3, -0.25) is 0 Å². The van der Waals surface area contributed by atoms with Crippen LogP contribution >= 0.6 is 0 Å². The Morgan fingerprint density at radius 1 is 1.31 bits per heavy atom. The average molecular weight is 245 g/mol. The second kappa shape index (κ2) is 4.03. The minimum absolute atomic E-state index is 0.164. The molecule has 2 rings (SSSR count). The van der Waals surface area contributed by atoms with Gasteiger partial charge in [-0.15, -0.1) is 0 Å². The molecule has 0 saturated carbocycles. The summed E-state index contributed by atoms with van der Waals surface area (Å²) in [4.78, 5) is 0. The maximum Gasteiger partial charge on any atom is 0.155 e. The van der Waals surface area contributed by atoms with E-state index in [0.717, 1.165) is 0 Å². The summed E-state index contributed by atoms with van der Waals surface area (Å²) < 4.78 is 35.7. The zero-order valence-electron chi connectivity index (χ0n) is 8.43. The fourth-order valence-corrected chi connectivity index (χ4v) is 3.49. The lowest BCUT2D eigenvalue weighted by Crippen LogP contribution is -2.32. The molecule has 0 bridgehead atoms. The van der Waals surface area contributed by atoms with Gasteiger partial charge in [0.2, 0.25) is 0 Å². The molecule has 0 aromatic heterocycles. The number of hydrogen-bond donors (Lipinski definition) is 2. The maximum atomic E-state index is 13.3. The van der Waals surface area contributed by atoms with Crippen LogP contribution in [0.15, 0.2) is 24.3 Å². The number of hydrogen-bond acceptors (Lipinski definition) is 4. The fourth-order valence-electron chi connectivity index (χ4n) is 1.74. The first-order valence-electron chi connectivity index (χ1n) is 4.87. The Kier molecular flexibility index (Phi) is 2.86. The van der Waals surface area contributed by atoms with Crippen LogP contribution < -0.4 is 5.32 Å². The Bertz CT molecular complexity index is 489. The topological polar surface area (TPSA) is 66.4 Å². The van der Waals surface area contributed by atoms with Crippen LogP contribution in [0.3, 0.4) is 0 Å². The monoisotopic (exact) mass is 245 g/mol. The van der Waals surface area contributed by atoms with Crippen molar-refractivity contribution >= 4 is 15.5 Å². The highest BCUT2D eigenvalue weighted by Crippen LogP contribution is 2.20. The van der Waals surface area contributed by atoms with E-state index in [9.17, 15) is 17.9 Å². The number of aliphatic hydroxyl groups is 1. The zero-order valence-corrected chi connectivity index (χ0v) is 9.24. The number of para-hydroxylation sites is 1. The van der Waals surface area contributed by atoms with Crippen LogP contribution in [0.2, 0.25) is 0 Å². The SMILES string of the molecule is O=S1(=O)C[C@@H](O)[C@H](Nc2ccccc2F)C1. The Morgan fingerprint density at radius 3 is 2.56 bits per heavy atom. The van der Waals surface area contributed by atoms with E-state index < -0.39 is 27.8 Å². The molecule has 16 heavy (non-hydrogen) atoms. The molecule has 2 N–H and O–H groups in total. The van der Waals surface area contributed by atoms with Crippen molar-refractivity contribution in [3.05, 3.63) is 30.1 Å². The molecule has 1 heterocycles. The van der Waals surface area contributed by atoms with Crippen LogP contribution in [0.5, 0.6) is 0 Å². The second-order valence-electron chi connectivity index (χ2n) is 3.87. The second-order valence-corrected chi connectivity index (χ2v) is 6.03. The molecule has 0 unspecified atom stereocenters. The van der Waals surface area contributed by atoms with Gasteiger partial charge in [0.25, 0.3) is 0 Å². The number of rotatable bonds is 2. The van der Waals surface area contributed by atoms with Gasteiger partial charge in [0, 0.05) is 0 Å². The molecule has 2 atom stereocenters. The quantitative estimate of drug-likeness (QED) is 0.791. The number of sulfone groups is 1. The number of benzene rings is 1. The van der Waals surface area contributed by atoms with Gasteiger partial charge >= 0.3 is 0 Å². The fraction of sp³-hybridized carbons (Fsp3) is 0.400. The molecule has 4 nitrogen and oxygen atoms in total. The Hall–Kier alpha value is -1.14. The number of aliphatic hydroxyl groups excluding tert-OH is 1. The molecule has 1 saturated heterocycles. The smallest absolute Gasteiger partial charge is 0.155 e. The third-order valence-corrected chi connectivity index (χ3v) is 4.25. The summed E-state index contributed by atoms with van der Waals surface area (Å²) in [5.41, 5.74) is 0.212. The van der Waals surface area contributed by atoms with Crippen molar-refractivity contribution in [3.63, 3.8) is 0 Å². The lowest BCUT2D eigenvalue weighted by molar-refractivity contribution is 0.190. The van der Waals surface area contributed by atoms with E-state index in [0.29, 0.717) is 0 Å². The Morgan fingerprint density at radius 2 is 2.00 bits per heavy atom. The molecule has 6 heteroatoms. The predicted molar refractivity (Wildman–Crippen MR) is 58.5 cm³/mol. The van der Waals surface area contributed by atoms with E-state index in [1.54, 1.807) is 12.1 Å². The summed E-state index contributed by atoms with van der Waals surface area (Å²) in [6.45, 7) is 0. The normalized spacial score (nSPS) is 27.9. The van der Waals surface area contributed by atoms with Crippen LogP contribution in [0, 0.1) is 5.82 Å². The van der Waals surface area contributed by atoms with Crippen LogP contribution in [0.1, 0.15) is 0 Å². The first-order chi connectivity index (χ1) is 7.48. The lowest BCUT2D eigenvalue weighted by Gasteiger charge is -2.16. The lowest BCUT2D eigenvalue weighted by atomic mass is 10.2. The van der Waals surface area contributed by atoms with Crippen molar-refractivity contribution in [2.24, 2.45) is 0 Å². The highest BCUT2D eigenvalue weighted by molar-refractivity contribution is 7.91. The Labute approximate surface area is 93.0 Å². The summed E-state index contributed by atoms with van der Waals surface area (Å²) in [6, 6.07) is 5.33. The summed E-state index contributed by atoms with van der Waals surface area (Å²) in [5.74, 6) is -0.888. The summed E-state index contributed by atoms with van der Waals surface area (Å²) in [7, 11) is -3.21. The van der Waals surface area contributed by atoms with E-state index in [2.05, 4.69) is 5.32 Å². The summed E-state index contributed by atoms with van der Waals surface area (Å²) in [6.07, 6.45) is -0.982. The third kappa shape index (κ3) is 2.33. The van der Waals surface area contributed by atoms with Crippen molar-refractivity contribution in [1.82, 2.24) is 0 Å². The standard InChI is InChI=1S/C10H12FNO3S/c11-7-3-1-2-4-8(7)12-9-5-16(14,15)6-10(9)13/h1-4,9-10,12-13H,5-6H2/t9-,10-/m1/s1.